The van der Waals surface area contributed by atoms with Gasteiger partial charge in [0.2, 0.25) is 5.95 Å². The van der Waals surface area contributed by atoms with Gasteiger partial charge in [-0.25, -0.2) is 37.9 Å². The van der Waals surface area contributed by atoms with Gasteiger partial charge in [-0.3, -0.25) is 19.5 Å². The molecule has 3 fully saturated rings. The molecule has 1 unspecified atom stereocenters. The fraction of sp³-hybridized carbons (Fsp3) is 0.579. The summed E-state index contributed by atoms with van der Waals surface area (Å²) in [7, 11) is -3.94. The van der Waals surface area contributed by atoms with Gasteiger partial charge in [0.15, 0.2) is 9.84 Å². The molecule has 3 aromatic heterocycles. The molecule has 428 valence electrons. The molecule has 6 heterocycles. The van der Waals surface area contributed by atoms with Crippen molar-refractivity contribution in [2.24, 2.45) is 0 Å². The number of carbonyl (C=O) groups excluding carboxylic acids is 3. The fourth-order valence-electron chi connectivity index (χ4n) is 10.1. The molecule has 3 saturated heterocycles. The third-order valence-electron chi connectivity index (χ3n) is 14.7. The van der Waals surface area contributed by atoms with Gasteiger partial charge >= 0.3 is 12.2 Å². The molecule has 5 aromatic rings. The highest BCUT2D eigenvalue weighted by atomic mass is 32.2. The molecule has 1 N–H and O–H groups in total. The van der Waals surface area contributed by atoms with Gasteiger partial charge in [-0.15, -0.1) is 4.68 Å². The Bertz CT molecular complexity index is 3070. The van der Waals surface area contributed by atoms with E-state index >= 15 is 0 Å². The van der Waals surface area contributed by atoms with E-state index < -0.39 is 31.9 Å². The monoisotopic (exact) mass is 1110 g/mol. The number of sulfone groups is 1. The number of ether oxygens (including phenoxy) is 3. The maximum atomic E-state index is 14.2. The summed E-state index contributed by atoms with van der Waals surface area (Å²) >= 11 is 0. The lowest BCUT2D eigenvalue weighted by Crippen LogP contribution is -2.63. The van der Waals surface area contributed by atoms with E-state index in [1.54, 1.807) is 66.9 Å². The molecule has 0 bridgehead atoms. The first-order valence-corrected chi connectivity index (χ1v) is 29.0. The Hall–Kier alpha value is -6.49. The van der Waals surface area contributed by atoms with E-state index in [1.807, 2.05) is 43.6 Å². The average Bonchev–Trinajstić information content (AvgIpc) is 3.82. The SMILES string of the molecule is Cc1nn(C(=O)OC(C)(C)C)c(Nc2ncnc3cc(OCCCN4CCN(C(=O)c5cnc(N6CCN(C[C@H]7CN(C(=O)OC(C)(C)C)[C@H](C)CN7Cc7ccccc7)C(C)C6)nc5)CC4)c(S(=O)(=O)C(C)(C)C)cc23)c1C. The van der Waals surface area contributed by atoms with Gasteiger partial charge in [0, 0.05) is 126 Å². The molecule has 8 rings (SSSR count). The van der Waals surface area contributed by atoms with Gasteiger partial charge < -0.3 is 34.2 Å². The number of amides is 2. The maximum Gasteiger partial charge on any atom is 0.437 e. The van der Waals surface area contributed by atoms with Crippen molar-refractivity contribution in [1.82, 2.24) is 54.2 Å². The minimum atomic E-state index is -3.94. The molecule has 0 radical (unpaired) electrons. The van der Waals surface area contributed by atoms with Crippen LogP contribution in [0, 0.1) is 13.8 Å². The lowest BCUT2D eigenvalue weighted by Gasteiger charge is -2.48. The summed E-state index contributed by atoms with van der Waals surface area (Å²) in [6, 6.07) is 14.0. The van der Waals surface area contributed by atoms with Crippen LogP contribution < -0.4 is 15.0 Å². The minimum Gasteiger partial charge on any atom is -0.492 e. The molecule has 21 nitrogen and oxygen atoms in total. The number of nitrogens with one attached hydrogen (secondary N) is 1. The van der Waals surface area contributed by atoms with Crippen LogP contribution in [0.5, 0.6) is 5.75 Å². The summed E-state index contributed by atoms with van der Waals surface area (Å²) in [6.07, 6.45) is 4.29. The summed E-state index contributed by atoms with van der Waals surface area (Å²) in [5.41, 5.74) is 2.08. The van der Waals surface area contributed by atoms with Crippen LogP contribution in [-0.2, 0) is 25.9 Å². The van der Waals surface area contributed by atoms with Crippen LogP contribution in [0.15, 0.2) is 66.1 Å². The summed E-state index contributed by atoms with van der Waals surface area (Å²) in [5, 5.41) is 8.04. The maximum absolute atomic E-state index is 14.2. The largest absolute Gasteiger partial charge is 0.492 e. The molecule has 0 spiro atoms. The van der Waals surface area contributed by atoms with Crippen molar-refractivity contribution in [2.45, 2.75) is 142 Å². The third kappa shape index (κ3) is 14.1. The molecular weight excluding hydrogens is 1030 g/mol. The zero-order valence-corrected chi connectivity index (χ0v) is 49.3. The Morgan fingerprint density at radius 3 is 2.08 bits per heavy atom. The van der Waals surface area contributed by atoms with Crippen molar-refractivity contribution in [2.75, 3.05) is 88.8 Å². The zero-order chi connectivity index (χ0) is 57.2. The summed E-state index contributed by atoms with van der Waals surface area (Å²) in [6.45, 7) is 32.3. The van der Waals surface area contributed by atoms with Crippen molar-refractivity contribution < 1.29 is 37.0 Å². The second-order valence-corrected chi connectivity index (χ2v) is 26.8. The van der Waals surface area contributed by atoms with Crippen molar-refractivity contribution in [3.63, 3.8) is 0 Å². The standard InChI is InChI=1S/C57H81N13O8S/c1-38-32-67(26-25-66(38)35-44-36-69(53(72)77-55(5,6)7)39(2)33-68(44)34-42-18-15-14-16-19-42)52-58-30-43(31-59-52)51(71)65-23-21-64(22-24-65)20-17-27-76-47-29-46-45(28-48(47)79(74,75)57(11,12)13)49(61-37-60-46)62-50-40(3)41(4)63-70(50)54(73)78-56(8,9)10/h14-16,18-19,28-31,37-39,44H,17,20-27,32-36H2,1-13H3,(H,60,61,62)/t38?,39-,44+/m1/s1. The number of fused-ring (bicyclic) bond motifs is 1. The highest BCUT2D eigenvalue weighted by Gasteiger charge is 2.39. The lowest BCUT2D eigenvalue weighted by atomic mass is 10.0. The van der Waals surface area contributed by atoms with Crippen LogP contribution >= 0.6 is 0 Å². The van der Waals surface area contributed by atoms with E-state index in [-0.39, 0.29) is 53.2 Å². The Kier molecular flexibility index (Phi) is 17.6. The van der Waals surface area contributed by atoms with E-state index in [0.717, 1.165) is 44.0 Å². The van der Waals surface area contributed by atoms with Crippen molar-refractivity contribution in [3.8, 4) is 5.75 Å². The van der Waals surface area contributed by atoms with Crippen LogP contribution in [0.3, 0.4) is 0 Å². The molecule has 0 saturated carbocycles. The first-order chi connectivity index (χ1) is 37.2. The van der Waals surface area contributed by atoms with Crippen LogP contribution in [0.4, 0.5) is 27.2 Å². The van der Waals surface area contributed by atoms with Crippen molar-refractivity contribution in [1.29, 1.82) is 0 Å². The van der Waals surface area contributed by atoms with Crippen LogP contribution in [-0.4, -0.2) is 193 Å². The average molecular weight is 1110 g/mol. The first-order valence-electron chi connectivity index (χ1n) is 27.5. The number of piperazine rings is 3. The minimum absolute atomic E-state index is 0.00191. The fourth-order valence-corrected chi connectivity index (χ4v) is 11.4. The molecule has 22 heteroatoms. The first kappa shape index (κ1) is 58.7. The van der Waals surface area contributed by atoms with Gasteiger partial charge in [0.1, 0.15) is 39.8 Å². The predicted octanol–water partition coefficient (Wildman–Crippen LogP) is 7.58. The van der Waals surface area contributed by atoms with Crippen LogP contribution in [0.2, 0.25) is 0 Å². The molecule has 3 atom stereocenters. The Labute approximate surface area is 465 Å². The number of carbonyl (C=O) groups is 3. The Balaban J connectivity index is 0.840. The smallest absolute Gasteiger partial charge is 0.437 e. The number of hydrogen-bond acceptors (Lipinski definition) is 18. The number of rotatable bonds is 14. The zero-order valence-electron chi connectivity index (χ0n) is 48.4. The number of anilines is 3. The number of aromatic nitrogens is 6. The van der Waals surface area contributed by atoms with Gasteiger partial charge in [0.05, 0.1) is 28.1 Å². The highest BCUT2D eigenvalue weighted by molar-refractivity contribution is 7.92. The van der Waals surface area contributed by atoms with E-state index in [0.29, 0.717) is 85.2 Å². The summed E-state index contributed by atoms with van der Waals surface area (Å²) in [5.74, 6) is 1.28. The molecular formula is C57H81N13O8S. The normalized spacial score (nSPS) is 19.4. The third-order valence-corrected chi connectivity index (χ3v) is 17.2. The Morgan fingerprint density at radius 1 is 0.759 bits per heavy atom. The molecule has 0 aliphatic carbocycles. The molecule has 79 heavy (non-hydrogen) atoms. The van der Waals surface area contributed by atoms with E-state index in [9.17, 15) is 22.8 Å². The topological polar surface area (TPSA) is 214 Å². The second kappa shape index (κ2) is 23.7. The number of benzene rings is 2. The van der Waals surface area contributed by atoms with Gasteiger partial charge in [-0.05, 0) is 108 Å². The number of nitrogens with zero attached hydrogens (tertiary/aromatic N) is 12. The molecule has 3 aliphatic heterocycles. The van der Waals surface area contributed by atoms with Crippen LogP contribution in [0.25, 0.3) is 10.9 Å². The quantitative estimate of drug-likeness (QED) is 0.106. The molecule has 2 aromatic carbocycles. The Morgan fingerprint density at radius 2 is 1.43 bits per heavy atom. The summed E-state index contributed by atoms with van der Waals surface area (Å²) < 4.78 is 46.1. The van der Waals surface area contributed by atoms with Gasteiger partial charge in [0.25, 0.3) is 5.91 Å². The van der Waals surface area contributed by atoms with Crippen molar-refractivity contribution in [3.05, 3.63) is 83.6 Å². The van der Waals surface area contributed by atoms with Gasteiger partial charge in [-0.2, -0.15) is 5.10 Å². The van der Waals surface area contributed by atoms with E-state index in [4.69, 9.17) is 24.2 Å². The lowest BCUT2D eigenvalue weighted by molar-refractivity contribution is -0.0227. The predicted molar refractivity (Wildman–Crippen MR) is 304 cm³/mol. The molecule has 2 amide bonds. The number of aryl methyl sites for hydroxylation is 1. The summed E-state index contributed by atoms with van der Waals surface area (Å²) in [4.78, 5) is 71.9. The highest BCUT2D eigenvalue weighted by Crippen LogP contribution is 2.38. The van der Waals surface area contributed by atoms with Gasteiger partial charge in [-0.1, -0.05) is 30.3 Å². The van der Waals surface area contributed by atoms with E-state index in [2.05, 4.69) is 78.1 Å². The van der Waals surface area contributed by atoms with E-state index in [1.165, 1.54) is 18.0 Å². The second-order valence-electron chi connectivity index (χ2n) is 24.2. The number of hydrogen-bond donors (Lipinski definition) is 1. The van der Waals surface area contributed by atoms with Crippen LogP contribution in [0.1, 0.15) is 110 Å². The van der Waals surface area contributed by atoms with Crippen molar-refractivity contribution >= 4 is 56.4 Å². The molecule has 3 aliphatic rings.